The first-order valence-electron chi connectivity index (χ1n) is 11.1. The molecule has 4 heteroatoms. The third kappa shape index (κ3) is 4.81. The molecule has 3 aromatic carbocycles. The number of fused-ring (bicyclic) bond motifs is 2. The first-order valence-corrected chi connectivity index (χ1v) is 11.1. The van der Waals surface area contributed by atoms with E-state index in [2.05, 4.69) is 59.9 Å². The molecule has 0 unspecified atom stereocenters. The zero-order valence-corrected chi connectivity index (χ0v) is 17.4. The minimum absolute atomic E-state index is 0.0407. The fourth-order valence-electron chi connectivity index (χ4n) is 4.39. The molecule has 156 valence electrons. The van der Waals surface area contributed by atoms with Crippen LogP contribution in [-0.2, 0) is 20.7 Å². The van der Waals surface area contributed by atoms with Gasteiger partial charge in [-0.1, -0.05) is 67.8 Å². The van der Waals surface area contributed by atoms with Crippen molar-refractivity contribution >= 4 is 33.4 Å². The van der Waals surface area contributed by atoms with Gasteiger partial charge in [0, 0.05) is 12.8 Å². The van der Waals surface area contributed by atoms with E-state index in [0.29, 0.717) is 19.4 Å². The van der Waals surface area contributed by atoms with Crippen molar-refractivity contribution in [3.63, 3.8) is 0 Å². The number of unbranched alkanes of at least 4 members (excludes halogenated alkanes) is 4. The average molecular weight is 404 g/mol. The molecule has 1 aliphatic heterocycles. The predicted molar refractivity (Wildman–Crippen MR) is 120 cm³/mol. The summed E-state index contributed by atoms with van der Waals surface area (Å²) in [7, 11) is 0. The van der Waals surface area contributed by atoms with Gasteiger partial charge in [-0.25, -0.2) is 4.79 Å². The molecular weight excluding hydrogens is 374 g/mol. The standard InChI is InChI=1S/C26H29NO3/c28-25(27-24-16-17-30-26(24)29)15-5-3-1-2-4-14-23-21-12-8-6-10-19(21)18-20-11-7-9-13-22(20)23/h6-13,18,24H,1-5,14-17H2,(H,27,28)/t24-/m0/s1. The maximum absolute atomic E-state index is 11.9. The number of carbonyl (C=O) groups excluding carboxylic acids is 2. The molecule has 30 heavy (non-hydrogen) atoms. The van der Waals surface area contributed by atoms with Crippen LogP contribution in [-0.4, -0.2) is 24.5 Å². The summed E-state index contributed by atoms with van der Waals surface area (Å²) >= 11 is 0. The number of hydrogen-bond donors (Lipinski definition) is 1. The highest BCUT2D eigenvalue weighted by atomic mass is 16.5. The quantitative estimate of drug-likeness (QED) is 0.299. The van der Waals surface area contributed by atoms with Crippen LogP contribution in [0, 0.1) is 0 Å². The largest absolute Gasteiger partial charge is 0.464 e. The molecule has 0 radical (unpaired) electrons. The number of esters is 1. The van der Waals surface area contributed by atoms with E-state index in [4.69, 9.17) is 4.74 Å². The minimum atomic E-state index is -0.437. The molecule has 0 saturated carbocycles. The van der Waals surface area contributed by atoms with Gasteiger partial charge in [-0.2, -0.15) is 0 Å². The maximum Gasteiger partial charge on any atom is 0.328 e. The van der Waals surface area contributed by atoms with Crippen molar-refractivity contribution in [1.82, 2.24) is 5.32 Å². The molecule has 4 rings (SSSR count). The van der Waals surface area contributed by atoms with Gasteiger partial charge < -0.3 is 10.1 Å². The van der Waals surface area contributed by atoms with Gasteiger partial charge in [0.05, 0.1) is 6.61 Å². The van der Waals surface area contributed by atoms with Crippen molar-refractivity contribution in [2.24, 2.45) is 0 Å². The number of nitrogens with one attached hydrogen (secondary N) is 1. The van der Waals surface area contributed by atoms with Crippen molar-refractivity contribution in [3.05, 3.63) is 60.2 Å². The zero-order valence-electron chi connectivity index (χ0n) is 17.4. The van der Waals surface area contributed by atoms with E-state index in [1.54, 1.807) is 0 Å². The van der Waals surface area contributed by atoms with Crippen LogP contribution in [0.1, 0.15) is 50.5 Å². The summed E-state index contributed by atoms with van der Waals surface area (Å²) in [5, 5.41) is 8.11. The smallest absolute Gasteiger partial charge is 0.328 e. The van der Waals surface area contributed by atoms with Crippen LogP contribution in [0.25, 0.3) is 21.5 Å². The lowest BCUT2D eigenvalue weighted by Crippen LogP contribution is -2.37. The molecule has 3 aromatic rings. The molecule has 1 N–H and O–H groups in total. The molecule has 0 aliphatic carbocycles. The first-order chi connectivity index (χ1) is 14.7. The predicted octanol–water partition coefficient (Wildman–Crippen LogP) is 5.31. The normalized spacial score (nSPS) is 16.1. The molecule has 0 bridgehead atoms. The Balaban J connectivity index is 1.23. The van der Waals surface area contributed by atoms with Crippen LogP contribution in [0.3, 0.4) is 0 Å². The summed E-state index contributed by atoms with van der Waals surface area (Å²) in [5.74, 6) is -0.342. The van der Waals surface area contributed by atoms with Gasteiger partial charge in [0.15, 0.2) is 0 Å². The van der Waals surface area contributed by atoms with E-state index in [0.717, 1.165) is 38.5 Å². The Morgan fingerprint density at radius 2 is 1.53 bits per heavy atom. The van der Waals surface area contributed by atoms with Gasteiger partial charge in [-0.05, 0) is 52.4 Å². The molecule has 0 spiro atoms. The van der Waals surface area contributed by atoms with E-state index in [1.165, 1.54) is 27.1 Å². The summed E-state index contributed by atoms with van der Waals surface area (Å²) in [6.45, 7) is 0.412. The molecule has 1 amide bonds. The third-order valence-electron chi connectivity index (χ3n) is 5.98. The van der Waals surface area contributed by atoms with Gasteiger partial charge in [-0.3, -0.25) is 4.79 Å². The Labute approximate surface area is 177 Å². The highest BCUT2D eigenvalue weighted by Crippen LogP contribution is 2.29. The summed E-state index contributed by atoms with van der Waals surface area (Å²) < 4.78 is 4.87. The van der Waals surface area contributed by atoms with E-state index < -0.39 is 6.04 Å². The lowest BCUT2D eigenvalue weighted by molar-refractivity contribution is -0.141. The SMILES string of the molecule is O=C(CCCCCCCc1c2ccccc2cc2ccccc12)N[C@H]1CCOC1=O. The van der Waals surface area contributed by atoms with Crippen molar-refractivity contribution in [2.75, 3.05) is 6.61 Å². The van der Waals surface area contributed by atoms with E-state index in [9.17, 15) is 9.59 Å². The van der Waals surface area contributed by atoms with Crippen molar-refractivity contribution in [2.45, 2.75) is 57.4 Å². The highest BCUT2D eigenvalue weighted by molar-refractivity contribution is 6.02. The third-order valence-corrected chi connectivity index (χ3v) is 5.98. The summed E-state index contributed by atoms with van der Waals surface area (Å²) in [5.41, 5.74) is 1.45. The molecule has 1 aliphatic rings. The Morgan fingerprint density at radius 3 is 2.20 bits per heavy atom. The molecule has 0 aromatic heterocycles. The molecule has 4 nitrogen and oxygen atoms in total. The molecular formula is C26H29NO3. The van der Waals surface area contributed by atoms with E-state index in [-0.39, 0.29) is 11.9 Å². The fourth-order valence-corrected chi connectivity index (χ4v) is 4.39. The number of amides is 1. The molecule has 1 atom stereocenters. The van der Waals surface area contributed by atoms with E-state index in [1.807, 2.05) is 0 Å². The number of ether oxygens (including phenoxy) is 1. The second-order valence-electron chi connectivity index (χ2n) is 8.14. The fraction of sp³-hybridized carbons (Fsp3) is 0.385. The van der Waals surface area contributed by atoms with Crippen LogP contribution in [0.5, 0.6) is 0 Å². The average Bonchev–Trinajstić information content (AvgIpc) is 3.16. The van der Waals surface area contributed by atoms with Crippen molar-refractivity contribution in [1.29, 1.82) is 0 Å². The summed E-state index contributed by atoms with van der Waals surface area (Å²) in [6.07, 6.45) is 7.49. The van der Waals surface area contributed by atoms with Crippen LogP contribution in [0.4, 0.5) is 0 Å². The van der Waals surface area contributed by atoms with Gasteiger partial charge in [0.1, 0.15) is 6.04 Å². The second kappa shape index (κ2) is 9.75. The number of carbonyl (C=O) groups is 2. The lowest BCUT2D eigenvalue weighted by Gasteiger charge is -2.12. The first kappa shape index (κ1) is 20.4. The Kier molecular flexibility index (Phi) is 6.63. The van der Waals surface area contributed by atoms with Crippen LogP contribution in [0.2, 0.25) is 0 Å². The topological polar surface area (TPSA) is 55.4 Å². The monoisotopic (exact) mass is 403 g/mol. The van der Waals surface area contributed by atoms with Crippen LogP contribution < -0.4 is 5.32 Å². The number of aryl methyl sites for hydroxylation is 1. The Morgan fingerprint density at radius 1 is 0.900 bits per heavy atom. The second-order valence-corrected chi connectivity index (χ2v) is 8.14. The molecule has 1 fully saturated rings. The van der Waals surface area contributed by atoms with Gasteiger partial charge in [0.25, 0.3) is 0 Å². The van der Waals surface area contributed by atoms with Crippen LogP contribution >= 0.6 is 0 Å². The number of hydrogen-bond acceptors (Lipinski definition) is 3. The lowest BCUT2D eigenvalue weighted by atomic mass is 9.93. The van der Waals surface area contributed by atoms with E-state index >= 15 is 0 Å². The maximum atomic E-state index is 11.9. The minimum Gasteiger partial charge on any atom is -0.464 e. The van der Waals surface area contributed by atoms with Gasteiger partial charge >= 0.3 is 5.97 Å². The summed E-state index contributed by atoms with van der Waals surface area (Å²) in [4.78, 5) is 23.4. The number of benzene rings is 3. The molecule has 1 saturated heterocycles. The summed E-state index contributed by atoms with van der Waals surface area (Å²) in [6, 6.07) is 19.2. The Hall–Kier alpha value is -2.88. The number of rotatable bonds is 9. The zero-order chi connectivity index (χ0) is 20.8. The van der Waals surface area contributed by atoms with Gasteiger partial charge in [-0.15, -0.1) is 0 Å². The highest BCUT2D eigenvalue weighted by Gasteiger charge is 2.27. The van der Waals surface area contributed by atoms with Crippen molar-refractivity contribution < 1.29 is 14.3 Å². The van der Waals surface area contributed by atoms with Crippen LogP contribution in [0.15, 0.2) is 54.6 Å². The Bertz CT molecular complexity index is 989. The molecule has 1 heterocycles. The van der Waals surface area contributed by atoms with Crippen molar-refractivity contribution in [3.8, 4) is 0 Å². The number of cyclic esters (lactones) is 1. The van der Waals surface area contributed by atoms with Gasteiger partial charge in [0.2, 0.25) is 5.91 Å².